The number of hydrogen-bond donors (Lipinski definition) is 1. The minimum absolute atomic E-state index is 0.426. The average molecular weight is 268 g/mol. The molecule has 1 N–H and O–H groups in total. The molecule has 0 saturated carbocycles. The van der Waals surface area contributed by atoms with Crippen molar-refractivity contribution in [1.82, 2.24) is 10.2 Å². The van der Waals surface area contributed by atoms with Crippen LogP contribution >= 0.6 is 0 Å². The molecular formula is C17H36N2. The van der Waals surface area contributed by atoms with Gasteiger partial charge in [-0.25, -0.2) is 0 Å². The van der Waals surface area contributed by atoms with Crippen LogP contribution in [0.15, 0.2) is 0 Å². The second-order valence-corrected chi connectivity index (χ2v) is 7.67. The molecule has 3 atom stereocenters. The van der Waals surface area contributed by atoms with Crippen molar-refractivity contribution in [3.63, 3.8) is 0 Å². The SMILES string of the molecule is CCC(C)(CNCC(C)C)CN1CCC(C)C(C)C1. The summed E-state index contributed by atoms with van der Waals surface area (Å²) in [5.41, 5.74) is 0.426. The Morgan fingerprint density at radius 2 is 1.95 bits per heavy atom. The van der Waals surface area contributed by atoms with E-state index in [1.54, 1.807) is 0 Å². The van der Waals surface area contributed by atoms with Crippen molar-refractivity contribution < 1.29 is 0 Å². The van der Waals surface area contributed by atoms with E-state index in [1.807, 2.05) is 0 Å². The predicted octanol–water partition coefficient (Wildman–Crippen LogP) is 3.63. The van der Waals surface area contributed by atoms with Crippen molar-refractivity contribution >= 4 is 0 Å². The van der Waals surface area contributed by atoms with E-state index in [0.29, 0.717) is 5.41 Å². The maximum atomic E-state index is 3.66. The average Bonchev–Trinajstić information content (AvgIpc) is 2.33. The highest BCUT2D eigenvalue weighted by Gasteiger charge is 2.29. The maximum absolute atomic E-state index is 3.66. The Bertz CT molecular complexity index is 252. The zero-order chi connectivity index (χ0) is 14.5. The van der Waals surface area contributed by atoms with Gasteiger partial charge in [0.2, 0.25) is 0 Å². The van der Waals surface area contributed by atoms with Gasteiger partial charge in [0.25, 0.3) is 0 Å². The Kier molecular flexibility index (Phi) is 6.82. The Labute approximate surface area is 121 Å². The van der Waals surface area contributed by atoms with Gasteiger partial charge in [-0.3, -0.25) is 0 Å². The Morgan fingerprint density at radius 1 is 1.26 bits per heavy atom. The van der Waals surface area contributed by atoms with Crippen LogP contribution in [-0.2, 0) is 0 Å². The third kappa shape index (κ3) is 5.83. The molecule has 1 heterocycles. The van der Waals surface area contributed by atoms with Crippen molar-refractivity contribution in [2.75, 3.05) is 32.7 Å². The Hall–Kier alpha value is -0.0800. The minimum atomic E-state index is 0.426. The standard InChI is InChI=1S/C17H36N2/c1-7-17(6,12-18-10-14(2)3)13-19-9-8-15(4)16(5)11-19/h14-16,18H,7-13H2,1-6H3. The zero-order valence-corrected chi connectivity index (χ0v) is 14.1. The van der Waals surface area contributed by atoms with Crippen molar-refractivity contribution in [1.29, 1.82) is 0 Å². The summed E-state index contributed by atoms with van der Waals surface area (Å²) < 4.78 is 0. The predicted molar refractivity (Wildman–Crippen MR) is 85.5 cm³/mol. The molecule has 0 aromatic carbocycles. The van der Waals surface area contributed by atoms with Crippen LogP contribution in [0.1, 0.15) is 54.4 Å². The summed E-state index contributed by atoms with van der Waals surface area (Å²) in [6, 6.07) is 0. The van der Waals surface area contributed by atoms with Gasteiger partial charge in [-0.1, -0.05) is 41.5 Å². The lowest BCUT2D eigenvalue weighted by atomic mass is 9.83. The van der Waals surface area contributed by atoms with E-state index < -0.39 is 0 Å². The fraction of sp³-hybridized carbons (Fsp3) is 1.00. The summed E-state index contributed by atoms with van der Waals surface area (Å²) >= 11 is 0. The van der Waals surface area contributed by atoms with Gasteiger partial charge in [0.1, 0.15) is 0 Å². The van der Waals surface area contributed by atoms with Crippen LogP contribution in [0.2, 0.25) is 0 Å². The molecule has 1 fully saturated rings. The first kappa shape index (κ1) is 17.0. The van der Waals surface area contributed by atoms with Gasteiger partial charge in [-0.15, -0.1) is 0 Å². The smallest absolute Gasteiger partial charge is 0.00475 e. The second kappa shape index (κ2) is 7.64. The number of nitrogens with zero attached hydrogens (tertiary/aromatic N) is 1. The first-order valence-electron chi connectivity index (χ1n) is 8.29. The van der Waals surface area contributed by atoms with E-state index in [0.717, 1.165) is 30.8 Å². The summed E-state index contributed by atoms with van der Waals surface area (Å²) in [4.78, 5) is 2.70. The highest BCUT2D eigenvalue weighted by molar-refractivity contribution is 4.83. The molecule has 1 aliphatic heterocycles. The van der Waals surface area contributed by atoms with E-state index >= 15 is 0 Å². The summed E-state index contributed by atoms with van der Waals surface area (Å²) in [6.45, 7) is 20.3. The highest BCUT2D eigenvalue weighted by Crippen LogP contribution is 2.27. The van der Waals surface area contributed by atoms with Crippen molar-refractivity contribution in [2.24, 2.45) is 23.2 Å². The lowest BCUT2D eigenvalue weighted by Crippen LogP contribution is -2.47. The normalized spacial score (nSPS) is 28.6. The van der Waals surface area contributed by atoms with Gasteiger partial charge in [0.05, 0.1) is 0 Å². The first-order chi connectivity index (χ1) is 8.86. The van der Waals surface area contributed by atoms with Gasteiger partial charge < -0.3 is 10.2 Å². The summed E-state index contributed by atoms with van der Waals surface area (Å²) in [5.74, 6) is 2.51. The largest absolute Gasteiger partial charge is 0.316 e. The topological polar surface area (TPSA) is 15.3 Å². The van der Waals surface area contributed by atoms with Crippen LogP contribution in [0.5, 0.6) is 0 Å². The Morgan fingerprint density at radius 3 is 2.47 bits per heavy atom. The van der Waals surface area contributed by atoms with Gasteiger partial charge >= 0.3 is 0 Å². The molecule has 0 bridgehead atoms. The van der Waals surface area contributed by atoms with E-state index in [2.05, 4.69) is 51.8 Å². The van der Waals surface area contributed by atoms with E-state index in [1.165, 1.54) is 32.5 Å². The molecule has 0 aliphatic carbocycles. The van der Waals surface area contributed by atoms with Crippen LogP contribution in [0.25, 0.3) is 0 Å². The first-order valence-corrected chi connectivity index (χ1v) is 8.29. The zero-order valence-electron chi connectivity index (χ0n) is 14.1. The number of rotatable bonds is 7. The minimum Gasteiger partial charge on any atom is -0.316 e. The van der Waals surface area contributed by atoms with Gasteiger partial charge in [-0.05, 0) is 49.1 Å². The molecule has 114 valence electrons. The van der Waals surface area contributed by atoms with Crippen LogP contribution in [0.3, 0.4) is 0 Å². The third-order valence-electron chi connectivity index (χ3n) is 4.98. The molecule has 0 spiro atoms. The lowest BCUT2D eigenvalue weighted by molar-refractivity contribution is 0.0866. The van der Waals surface area contributed by atoms with E-state index in [4.69, 9.17) is 0 Å². The van der Waals surface area contributed by atoms with Crippen LogP contribution in [-0.4, -0.2) is 37.6 Å². The van der Waals surface area contributed by atoms with Crippen LogP contribution in [0.4, 0.5) is 0 Å². The Balaban J connectivity index is 2.41. The quantitative estimate of drug-likeness (QED) is 0.758. The highest BCUT2D eigenvalue weighted by atomic mass is 15.1. The maximum Gasteiger partial charge on any atom is 0.00475 e. The van der Waals surface area contributed by atoms with Gasteiger partial charge in [-0.2, -0.15) is 0 Å². The van der Waals surface area contributed by atoms with Crippen molar-refractivity contribution in [3.8, 4) is 0 Å². The van der Waals surface area contributed by atoms with Crippen molar-refractivity contribution in [2.45, 2.75) is 54.4 Å². The van der Waals surface area contributed by atoms with E-state index in [-0.39, 0.29) is 0 Å². The fourth-order valence-corrected chi connectivity index (χ4v) is 2.99. The molecule has 2 nitrogen and oxygen atoms in total. The molecule has 1 rings (SSSR count). The summed E-state index contributed by atoms with van der Waals surface area (Å²) in [6.07, 6.45) is 2.64. The van der Waals surface area contributed by atoms with Gasteiger partial charge in [0, 0.05) is 19.6 Å². The molecule has 0 radical (unpaired) electrons. The molecule has 0 amide bonds. The molecule has 3 unspecified atom stereocenters. The fourth-order valence-electron chi connectivity index (χ4n) is 2.99. The lowest BCUT2D eigenvalue weighted by Gasteiger charge is -2.41. The third-order valence-corrected chi connectivity index (χ3v) is 4.98. The summed E-state index contributed by atoms with van der Waals surface area (Å²) in [5, 5.41) is 3.66. The van der Waals surface area contributed by atoms with E-state index in [9.17, 15) is 0 Å². The molecule has 2 heteroatoms. The van der Waals surface area contributed by atoms with Crippen LogP contribution in [0, 0.1) is 23.2 Å². The molecule has 1 aliphatic rings. The van der Waals surface area contributed by atoms with Crippen LogP contribution < -0.4 is 5.32 Å². The summed E-state index contributed by atoms with van der Waals surface area (Å²) in [7, 11) is 0. The number of piperidine rings is 1. The second-order valence-electron chi connectivity index (χ2n) is 7.67. The van der Waals surface area contributed by atoms with Gasteiger partial charge in [0.15, 0.2) is 0 Å². The molecule has 0 aromatic heterocycles. The number of nitrogens with one attached hydrogen (secondary N) is 1. The van der Waals surface area contributed by atoms with Crippen molar-refractivity contribution in [3.05, 3.63) is 0 Å². The number of likely N-dealkylation sites (tertiary alicyclic amines) is 1. The number of hydrogen-bond acceptors (Lipinski definition) is 2. The monoisotopic (exact) mass is 268 g/mol. The molecular weight excluding hydrogens is 232 g/mol. The molecule has 1 saturated heterocycles. The molecule has 19 heavy (non-hydrogen) atoms. The molecule has 0 aromatic rings.